The van der Waals surface area contributed by atoms with E-state index in [0.29, 0.717) is 30.1 Å². The minimum absolute atomic E-state index is 0.317. The number of aryl methyl sites for hydroxylation is 1. The van der Waals surface area contributed by atoms with Crippen molar-refractivity contribution in [2.75, 3.05) is 18.3 Å². The largest absolute Gasteiger partial charge is 0.481 e. The number of nitrogens with one attached hydrogen (secondary N) is 1. The Balaban J connectivity index is 2.03. The zero-order chi connectivity index (χ0) is 12.1. The summed E-state index contributed by atoms with van der Waals surface area (Å²) >= 11 is 5.57. The van der Waals surface area contributed by atoms with Crippen LogP contribution in [0.1, 0.15) is 5.89 Å². The van der Waals surface area contributed by atoms with Gasteiger partial charge in [0, 0.05) is 18.4 Å². The molecular weight excluding hydrogens is 244 g/mol. The average Bonchev–Trinajstić information content (AvgIpc) is 2.78. The van der Waals surface area contributed by atoms with Gasteiger partial charge in [0.15, 0.2) is 0 Å². The summed E-state index contributed by atoms with van der Waals surface area (Å²) in [6.45, 7) is 0. The van der Waals surface area contributed by atoms with Crippen molar-refractivity contribution in [3.05, 3.63) is 24.2 Å². The van der Waals surface area contributed by atoms with Gasteiger partial charge in [-0.25, -0.2) is 4.98 Å². The molecule has 90 valence electrons. The van der Waals surface area contributed by atoms with Gasteiger partial charge in [0.25, 0.3) is 0 Å². The summed E-state index contributed by atoms with van der Waals surface area (Å²) < 4.78 is 10.3. The molecule has 0 spiro atoms. The molecule has 0 aromatic carbocycles. The molecule has 0 saturated carbocycles. The van der Waals surface area contributed by atoms with Gasteiger partial charge in [0.2, 0.25) is 11.8 Å². The van der Waals surface area contributed by atoms with Gasteiger partial charge in [-0.15, -0.1) is 16.7 Å². The number of ether oxygens (including phenoxy) is 1. The quantitative estimate of drug-likeness (QED) is 0.823. The summed E-state index contributed by atoms with van der Waals surface area (Å²) in [7, 11) is 1.56. The molecular formula is C10H11ClN4O2. The third-order valence-corrected chi connectivity index (χ3v) is 2.16. The Morgan fingerprint density at radius 1 is 1.41 bits per heavy atom. The van der Waals surface area contributed by atoms with Gasteiger partial charge < -0.3 is 14.5 Å². The fourth-order valence-electron chi connectivity index (χ4n) is 1.18. The van der Waals surface area contributed by atoms with Crippen LogP contribution in [0.15, 0.2) is 22.7 Å². The number of pyridine rings is 1. The molecule has 7 heteroatoms. The number of hydrogen-bond acceptors (Lipinski definition) is 6. The van der Waals surface area contributed by atoms with E-state index in [2.05, 4.69) is 20.5 Å². The van der Waals surface area contributed by atoms with E-state index in [1.165, 1.54) is 0 Å². The Morgan fingerprint density at radius 2 is 2.29 bits per heavy atom. The van der Waals surface area contributed by atoms with Crippen molar-refractivity contribution in [2.45, 2.75) is 6.42 Å². The van der Waals surface area contributed by atoms with Crippen molar-refractivity contribution in [1.82, 2.24) is 15.2 Å². The summed E-state index contributed by atoms with van der Waals surface area (Å²) in [5, 5.41) is 10.6. The van der Waals surface area contributed by atoms with Crippen LogP contribution in [0.3, 0.4) is 0 Å². The van der Waals surface area contributed by atoms with Gasteiger partial charge in [-0.3, -0.25) is 0 Å². The van der Waals surface area contributed by atoms with Gasteiger partial charge in [-0.05, 0) is 6.07 Å². The van der Waals surface area contributed by atoms with Crippen LogP contribution in [0.4, 0.5) is 11.7 Å². The molecule has 0 fully saturated rings. The molecule has 1 N–H and O–H groups in total. The molecule has 0 aliphatic heterocycles. The van der Waals surface area contributed by atoms with Crippen molar-refractivity contribution in [1.29, 1.82) is 0 Å². The third kappa shape index (κ3) is 3.07. The molecule has 2 heterocycles. The lowest BCUT2D eigenvalue weighted by Gasteiger charge is -2.01. The van der Waals surface area contributed by atoms with Crippen LogP contribution in [0.2, 0.25) is 0 Å². The maximum absolute atomic E-state index is 5.57. The molecule has 0 aliphatic rings. The molecule has 2 rings (SSSR count). The lowest BCUT2D eigenvalue weighted by atomic mass is 10.4. The Morgan fingerprint density at radius 3 is 2.94 bits per heavy atom. The second kappa shape index (κ2) is 5.49. The minimum Gasteiger partial charge on any atom is -0.481 e. The third-order valence-electron chi connectivity index (χ3n) is 1.97. The van der Waals surface area contributed by atoms with Crippen molar-refractivity contribution in [3.8, 4) is 5.88 Å². The first-order valence-electron chi connectivity index (χ1n) is 4.97. The van der Waals surface area contributed by atoms with Crippen molar-refractivity contribution < 1.29 is 9.15 Å². The number of aromatic nitrogens is 3. The highest BCUT2D eigenvalue weighted by molar-refractivity contribution is 6.17. The summed E-state index contributed by atoms with van der Waals surface area (Å²) in [5.74, 6) is 1.50. The molecule has 17 heavy (non-hydrogen) atoms. The van der Waals surface area contributed by atoms with Crippen molar-refractivity contribution in [3.63, 3.8) is 0 Å². The summed E-state index contributed by atoms with van der Waals surface area (Å²) in [5.41, 5.74) is 0.742. The van der Waals surface area contributed by atoms with Gasteiger partial charge in [-0.2, -0.15) is 0 Å². The summed E-state index contributed by atoms with van der Waals surface area (Å²) in [4.78, 5) is 4.04. The van der Waals surface area contributed by atoms with E-state index in [0.717, 1.165) is 5.69 Å². The average molecular weight is 255 g/mol. The van der Waals surface area contributed by atoms with Crippen LogP contribution in [-0.4, -0.2) is 28.2 Å². The first-order chi connectivity index (χ1) is 8.31. The Bertz CT molecular complexity index is 471. The van der Waals surface area contributed by atoms with Crippen LogP contribution in [0, 0.1) is 0 Å². The fraction of sp³-hybridized carbons (Fsp3) is 0.300. The standard InChI is InChI=1S/C10H11ClN4O2/c1-16-8-3-2-7(6-12-8)13-10-15-14-9(17-10)4-5-11/h2-3,6H,4-5H2,1H3,(H,13,15). The molecule has 0 radical (unpaired) electrons. The summed E-state index contributed by atoms with van der Waals surface area (Å²) in [6.07, 6.45) is 2.17. The molecule has 0 bridgehead atoms. The van der Waals surface area contributed by atoms with Gasteiger partial charge in [0.05, 0.1) is 19.0 Å². The van der Waals surface area contributed by atoms with Crippen LogP contribution < -0.4 is 10.1 Å². The van der Waals surface area contributed by atoms with E-state index in [-0.39, 0.29) is 0 Å². The normalized spacial score (nSPS) is 10.2. The first kappa shape index (κ1) is 11.7. The van der Waals surface area contributed by atoms with Gasteiger partial charge >= 0.3 is 6.01 Å². The molecule has 0 aliphatic carbocycles. The van der Waals surface area contributed by atoms with E-state index >= 15 is 0 Å². The summed E-state index contributed by atoms with van der Waals surface area (Å²) in [6, 6.07) is 3.85. The highest BCUT2D eigenvalue weighted by Crippen LogP contribution is 2.16. The predicted octanol–water partition coefficient (Wildman–Crippen LogP) is 2.00. The second-order valence-corrected chi connectivity index (χ2v) is 3.53. The van der Waals surface area contributed by atoms with Crippen molar-refractivity contribution >= 4 is 23.3 Å². The second-order valence-electron chi connectivity index (χ2n) is 3.15. The number of rotatable bonds is 5. The zero-order valence-electron chi connectivity index (χ0n) is 9.18. The number of alkyl halides is 1. The van der Waals surface area contributed by atoms with E-state index in [4.69, 9.17) is 20.8 Å². The first-order valence-corrected chi connectivity index (χ1v) is 5.50. The van der Waals surface area contributed by atoms with Crippen LogP contribution in [0.25, 0.3) is 0 Å². The number of hydrogen-bond donors (Lipinski definition) is 1. The molecule has 2 aromatic heterocycles. The van der Waals surface area contributed by atoms with E-state index in [1.54, 1.807) is 25.4 Å². The van der Waals surface area contributed by atoms with Crippen LogP contribution in [-0.2, 0) is 6.42 Å². The van der Waals surface area contributed by atoms with E-state index in [1.807, 2.05) is 0 Å². The molecule has 0 saturated heterocycles. The Kier molecular flexibility index (Phi) is 3.77. The zero-order valence-corrected chi connectivity index (χ0v) is 9.94. The van der Waals surface area contributed by atoms with Crippen LogP contribution in [0.5, 0.6) is 5.88 Å². The molecule has 0 atom stereocenters. The predicted molar refractivity (Wildman–Crippen MR) is 62.8 cm³/mol. The van der Waals surface area contributed by atoms with Gasteiger partial charge in [0.1, 0.15) is 0 Å². The van der Waals surface area contributed by atoms with E-state index < -0.39 is 0 Å². The SMILES string of the molecule is COc1ccc(Nc2nnc(CCCl)o2)cn1. The topological polar surface area (TPSA) is 73.1 Å². The van der Waals surface area contributed by atoms with Crippen LogP contribution >= 0.6 is 11.6 Å². The number of nitrogens with zero attached hydrogens (tertiary/aromatic N) is 3. The molecule has 0 unspecified atom stereocenters. The fourth-order valence-corrected chi connectivity index (χ4v) is 1.35. The maximum Gasteiger partial charge on any atom is 0.320 e. The number of anilines is 2. The Labute approximate surface area is 103 Å². The minimum atomic E-state index is 0.317. The maximum atomic E-state index is 5.57. The highest BCUT2D eigenvalue weighted by Gasteiger charge is 2.05. The van der Waals surface area contributed by atoms with Crippen molar-refractivity contribution in [2.24, 2.45) is 0 Å². The number of methoxy groups -OCH3 is 1. The van der Waals surface area contributed by atoms with E-state index in [9.17, 15) is 0 Å². The Hall–Kier alpha value is -1.82. The monoisotopic (exact) mass is 254 g/mol. The smallest absolute Gasteiger partial charge is 0.320 e. The highest BCUT2D eigenvalue weighted by atomic mass is 35.5. The molecule has 2 aromatic rings. The molecule has 0 amide bonds. The van der Waals surface area contributed by atoms with Gasteiger partial charge in [-0.1, -0.05) is 5.10 Å². The lowest BCUT2D eigenvalue weighted by Crippen LogP contribution is -1.92. The molecule has 6 nitrogen and oxygen atoms in total. The lowest BCUT2D eigenvalue weighted by molar-refractivity contribution is 0.398. The number of halogens is 1.